The van der Waals surface area contributed by atoms with Gasteiger partial charge < -0.3 is 5.11 Å². The summed E-state index contributed by atoms with van der Waals surface area (Å²) in [7, 11) is 0. The van der Waals surface area contributed by atoms with Crippen LogP contribution in [-0.4, -0.2) is 35.7 Å². The van der Waals surface area contributed by atoms with E-state index in [4.69, 9.17) is 5.11 Å². The number of nitrogens with zero attached hydrogens (tertiary/aromatic N) is 1. The van der Waals surface area contributed by atoms with Crippen LogP contribution in [0, 0.1) is 5.41 Å². The van der Waals surface area contributed by atoms with Crippen LogP contribution in [0.1, 0.15) is 27.2 Å². The smallest absolute Gasteiger partial charge is 0.0639 e. The Hall–Kier alpha value is -0.0800. The van der Waals surface area contributed by atoms with Crippen LogP contribution in [0.3, 0.4) is 0 Å². The maximum atomic E-state index is 9.09. The van der Waals surface area contributed by atoms with Crippen molar-refractivity contribution in [2.45, 2.75) is 33.3 Å². The second kappa shape index (κ2) is 3.11. The van der Waals surface area contributed by atoms with Crippen molar-refractivity contribution < 1.29 is 5.11 Å². The number of aliphatic hydroxyl groups is 1. The average Bonchev–Trinajstić information content (AvgIpc) is 1.83. The molecule has 0 aromatic carbocycles. The summed E-state index contributed by atoms with van der Waals surface area (Å²) in [5.41, 5.74) is 0.537. The molecular weight excluding hydrogens is 138 g/mol. The molecule has 0 aromatic heterocycles. The molecule has 1 N–H and O–H groups in total. The van der Waals surface area contributed by atoms with Crippen LogP contribution in [-0.2, 0) is 0 Å². The molecule has 1 saturated heterocycles. The van der Waals surface area contributed by atoms with Crippen molar-refractivity contribution >= 4 is 0 Å². The zero-order valence-electron chi connectivity index (χ0n) is 7.80. The van der Waals surface area contributed by atoms with E-state index in [1.807, 2.05) is 6.92 Å². The van der Waals surface area contributed by atoms with E-state index in [1.54, 1.807) is 0 Å². The van der Waals surface area contributed by atoms with Crippen LogP contribution < -0.4 is 0 Å². The largest absolute Gasteiger partial charge is 0.392 e. The summed E-state index contributed by atoms with van der Waals surface area (Å²) in [5, 5.41) is 9.09. The maximum absolute atomic E-state index is 9.09. The highest BCUT2D eigenvalue weighted by molar-refractivity contribution is 4.90. The first-order valence-corrected chi connectivity index (χ1v) is 4.46. The van der Waals surface area contributed by atoms with Crippen molar-refractivity contribution in [2.75, 3.05) is 19.6 Å². The van der Waals surface area contributed by atoms with Gasteiger partial charge in [0.05, 0.1) is 6.10 Å². The lowest BCUT2D eigenvalue weighted by atomic mass is 9.79. The fourth-order valence-corrected chi connectivity index (χ4v) is 1.76. The summed E-state index contributed by atoms with van der Waals surface area (Å²) in [4.78, 5) is 2.31. The SMILES string of the molecule is CCC1(C)CN(C[C@@H](C)O)C1. The van der Waals surface area contributed by atoms with Gasteiger partial charge in [0.15, 0.2) is 0 Å². The average molecular weight is 157 g/mol. The van der Waals surface area contributed by atoms with Crippen LogP contribution >= 0.6 is 0 Å². The van der Waals surface area contributed by atoms with E-state index in [-0.39, 0.29) is 6.10 Å². The third kappa shape index (κ3) is 2.17. The van der Waals surface area contributed by atoms with E-state index < -0.39 is 0 Å². The molecule has 0 unspecified atom stereocenters. The minimum absolute atomic E-state index is 0.170. The standard InChI is InChI=1S/C9H19NO/c1-4-9(3)6-10(7-9)5-8(2)11/h8,11H,4-7H2,1-3H3/t8-/m1/s1. The van der Waals surface area contributed by atoms with Crippen LogP contribution in [0.25, 0.3) is 0 Å². The summed E-state index contributed by atoms with van der Waals surface area (Å²) in [5.74, 6) is 0. The second-order valence-electron chi connectivity index (χ2n) is 4.18. The first-order chi connectivity index (χ1) is 5.06. The Bertz CT molecular complexity index is 128. The number of β-amino-alcohol motifs (C(OH)–C–C–N with tert-alkyl or cyclic N) is 1. The summed E-state index contributed by atoms with van der Waals surface area (Å²) >= 11 is 0. The molecule has 0 amide bonds. The van der Waals surface area contributed by atoms with Crippen molar-refractivity contribution in [1.29, 1.82) is 0 Å². The predicted octanol–water partition coefficient (Wildman–Crippen LogP) is 1.10. The quantitative estimate of drug-likeness (QED) is 0.663. The van der Waals surface area contributed by atoms with Gasteiger partial charge in [0.2, 0.25) is 0 Å². The van der Waals surface area contributed by atoms with Gasteiger partial charge in [0.25, 0.3) is 0 Å². The molecule has 0 spiro atoms. The van der Waals surface area contributed by atoms with Crippen LogP contribution in [0.5, 0.6) is 0 Å². The minimum Gasteiger partial charge on any atom is -0.392 e. The van der Waals surface area contributed by atoms with Crippen molar-refractivity contribution in [1.82, 2.24) is 4.90 Å². The molecule has 11 heavy (non-hydrogen) atoms. The molecule has 1 heterocycles. The lowest BCUT2D eigenvalue weighted by Crippen LogP contribution is -2.55. The predicted molar refractivity (Wildman–Crippen MR) is 46.5 cm³/mol. The topological polar surface area (TPSA) is 23.5 Å². The summed E-state index contributed by atoms with van der Waals surface area (Å²) in [6, 6.07) is 0. The molecule has 66 valence electrons. The molecule has 1 aliphatic rings. The third-order valence-corrected chi connectivity index (χ3v) is 2.59. The molecular formula is C9H19NO. The molecule has 0 saturated carbocycles. The Morgan fingerprint density at radius 1 is 1.55 bits per heavy atom. The minimum atomic E-state index is -0.170. The van der Waals surface area contributed by atoms with Gasteiger partial charge in [-0.05, 0) is 18.8 Å². The van der Waals surface area contributed by atoms with E-state index in [0.717, 1.165) is 19.6 Å². The van der Waals surface area contributed by atoms with E-state index in [0.29, 0.717) is 5.41 Å². The van der Waals surface area contributed by atoms with Gasteiger partial charge in [-0.2, -0.15) is 0 Å². The summed E-state index contributed by atoms with van der Waals surface area (Å²) < 4.78 is 0. The zero-order valence-corrected chi connectivity index (χ0v) is 7.80. The van der Waals surface area contributed by atoms with Gasteiger partial charge in [-0.15, -0.1) is 0 Å². The highest BCUT2D eigenvalue weighted by atomic mass is 16.3. The molecule has 1 aliphatic heterocycles. The molecule has 0 aliphatic carbocycles. The fourth-order valence-electron chi connectivity index (χ4n) is 1.76. The van der Waals surface area contributed by atoms with Crippen molar-refractivity contribution in [2.24, 2.45) is 5.41 Å². The summed E-state index contributed by atoms with van der Waals surface area (Å²) in [6.07, 6.45) is 1.08. The Morgan fingerprint density at radius 3 is 2.45 bits per heavy atom. The molecule has 0 bridgehead atoms. The number of hydrogen-bond acceptors (Lipinski definition) is 2. The first-order valence-electron chi connectivity index (χ1n) is 4.46. The first kappa shape index (κ1) is 9.01. The van der Waals surface area contributed by atoms with Gasteiger partial charge in [-0.25, -0.2) is 0 Å². The zero-order chi connectivity index (χ0) is 8.48. The lowest BCUT2D eigenvalue weighted by molar-refractivity contribution is -0.0144. The molecule has 0 aromatic rings. The van der Waals surface area contributed by atoms with E-state index in [1.165, 1.54) is 6.42 Å². The Kier molecular flexibility index (Phi) is 2.55. The van der Waals surface area contributed by atoms with Gasteiger partial charge in [-0.1, -0.05) is 13.8 Å². The number of hydrogen-bond donors (Lipinski definition) is 1. The van der Waals surface area contributed by atoms with Gasteiger partial charge in [0.1, 0.15) is 0 Å². The van der Waals surface area contributed by atoms with Gasteiger partial charge in [0, 0.05) is 19.6 Å². The molecule has 1 atom stereocenters. The van der Waals surface area contributed by atoms with Crippen LogP contribution in [0.15, 0.2) is 0 Å². The molecule has 2 heteroatoms. The van der Waals surface area contributed by atoms with Crippen molar-refractivity contribution in [3.8, 4) is 0 Å². The number of rotatable bonds is 3. The third-order valence-electron chi connectivity index (χ3n) is 2.59. The van der Waals surface area contributed by atoms with Gasteiger partial charge >= 0.3 is 0 Å². The number of aliphatic hydroxyl groups excluding tert-OH is 1. The van der Waals surface area contributed by atoms with E-state index >= 15 is 0 Å². The Balaban J connectivity index is 2.18. The molecule has 2 nitrogen and oxygen atoms in total. The van der Waals surface area contributed by atoms with Crippen LogP contribution in [0.2, 0.25) is 0 Å². The Labute approximate surface area is 69.2 Å². The highest BCUT2D eigenvalue weighted by Gasteiger charge is 2.36. The Morgan fingerprint density at radius 2 is 2.09 bits per heavy atom. The maximum Gasteiger partial charge on any atom is 0.0639 e. The van der Waals surface area contributed by atoms with Crippen molar-refractivity contribution in [3.63, 3.8) is 0 Å². The molecule has 1 rings (SSSR count). The molecule has 0 radical (unpaired) electrons. The fraction of sp³-hybridized carbons (Fsp3) is 1.00. The number of likely N-dealkylation sites (tertiary alicyclic amines) is 1. The van der Waals surface area contributed by atoms with Crippen LogP contribution in [0.4, 0.5) is 0 Å². The summed E-state index contributed by atoms with van der Waals surface area (Å²) in [6.45, 7) is 9.56. The monoisotopic (exact) mass is 157 g/mol. The normalized spacial score (nSPS) is 26.2. The molecule has 1 fully saturated rings. The highest BCUT2D eigenvalue weighted by Crippen LogP contribution is 2.32. The second-order valence-corrected chi connectivity index (χ2v) is 4.18. The van der Waals surface area contributed by atoms with E-state index in [2.05, 4.69) is 18.7 Å². The lowest BCUT2D eigenvalue weighted by Gasteiger charge is -2.48. The van der Waals surface area contributed by atoms with Crippen molar-refractivity contribution in [3.05, 3.63) is 0 Å². The van der Waals surface area contributed by atoms with E-state index in [9.17, 15) is 0 Å². The van der Waals surface area contributed by atoms with Gasteiger partial charge in [-0.3, -0.25) is 4.90 Å².